The zero-order valence-electron chi connectivity index (χ0n) is 10.7. The number of thioether (sulfide) groups is 1. The van der Waals surface area contributed by atoms with Crippen molar-refractivity contribution >= 4 is 58.2 Å². The number of benzene rings is 2. The summed E-state index contributed by atoms with van der Waals surface area (Å²) in [5.41, 5.74) is 1.64. The number of rotatable bonds is 2. The zero-order chi connectivity index (χ0) is 15.0. The maximum absolute atomic E-state index is 12.3. The Labute approximate surface area is 142 Å². The molecule has 2 nitrogen and oxygen atoms in total. The number of halogens is 3. The standard InChI is InChI=1S/C15H10Cl3NOS/c16-10-3-1-9(2-4-10)15-19(14(20)8-21-15)13-7-11(17)5-6-12(13)18/h1-7,15H,8H2/t15-/m0/s1. The molecule has 0 bridgehead atoms. The summed E-state index contributed by atoms with van der Waals surface area (Å²) in [5, 5.41) is 1.61. The molecule has 1 aliphatic rings. The van der Waals surface area contributed by atoms with Crippen molar-refractivity contribution in [2.45, 2.75) is 5.37 Å². The van der Waals surface area contributed by atoms with E-state index in [1.165, 1.54) is 0 Å². The van der Waals surface area contributed by atoms with E-state index in [4.69, 9.17) is 34.8 Å². The first-order valence-electron chi connectivity index (χ1n) is 6.20. The average molecular weight is 359 g/mol. The van der Waals surface area contributed by atoms with E-state index >= 15 is 0 Å². The van der Waals surface area contributed by atoms with E-state index in [0.29, 0.717) is 26.5 Å². The first-order valence-corrected chi connectivity index (χ1v) is 8.39. The summed E-state index contributed by atoms with van der Waals surface area (Å²) in [4.78, 5) is 14.0. The Kier molecular flexibility index (Phi) is 4.36. The molecule has 1 aliphatic heterocycles. The molecule has 3 rings (SSSR count). The van der Waals surface area contributed by atoms with Crippen molar-refractivity contribution in [3.05, 3.63) is 63.1 Å². The molecule has 1 fully saturated rings. The van der Waals surface area contributed by atoms with Crippen LogP contribution in [0.3, 0.4) is 0 Å². The topological polar surface area (TPSA) is 20.3 Å². The van der Waals surface area contributed by atoms with Crippen LogP contribution in [0, 0.1) is 0 Å². The van der Waals surface area contributed by atoms with Crippen LogP contribution in [0.1, 0.15) is 10.9 Å². The van der Waals surface area contributed by atoms with Gasteiger partial charge < -0.3 is 0 Å². The number of anilines is 1. The van der Waals surface area contributed by atoms with Gasteiger partial charge in [0.25, 0.3) is 0 Å². The molecule has 0 radical (unpaired) electrons. The Hall–Kier alpha value is -0.870. The molecule has 21 heavy (non-hydrogen) atoms. The lowest BCUT2D eigenvalue weighted by molar-refractivity contribution is -0.115. The van der Waals surface area contributed by atoms with Gasteiger partial charge >= 0.3 is 0 Å². The fourth-order valence-corrected chi connectivity index (χ4v) is 3.90. The van der Waals surface area contributed by atoms with Gasteiger partial charge in [-0.1, -0.05) is 46.9 Å². The van der Waals surface area contributed by atoms with Gasteiger partial charge in [0.15, 0.2) is 0 Å². The van der Waals surface area contributed by atoms with E-state index in [1.54, 1.807) is 34.9 Å². The molecule has 108 valence electrons. The normalized spacial score (nSPS) is 18.3. The predicted octanol–water partition coefficient (Wildman–Crippen LogP) is 5.43. The molecule has 0 N–H and O–H groups in total. The van der Waals surface area contributed by atoms with Crippen molar-refractivity contribution in [1.29, 1.82) is 0 Å². The van der Waals surface area contributed by atoms with Gasteiger partial charge in [-0.15, -0.1) is 11.8 Å². The first-order chi connectivity index (χ1) is 10.1. The molecule has 1 heterocycles. The third kappa shape index (κ3) is 3.02. The average Bonchev–Trinajstić information content (AvgIpc) is 2.84. The van der Waals surface area contributed by atoms with Crippen LogP contribution in [-0.4, -0.2) is 11.7 Å². The molecule has 0 saturated carbocycles. The summed E-state index contributed by atoms with van der Waals surface area (Å²) >= 11 is 19.8. The zero-order valence-corrected chi connectivity index (χ0v) is 13.8. The molecule has 0 unspecified atom stereocenters. The lowest BCUT2D eigenvalue weighted by Gasteiger charge is -2.25. The van der Waals surface area contributed by atoms with Gasteiger partial charge in [-0.3, -0.25) is 9.69 Å². The number of carbonyl (C=O) groups is 1. The number of carbonyl (C=O) groups excluding carboxylic acids is 1. The minimum atomic E-state index is -0.120. The van der Waals surface area contributed by atoms with Gasteiger partial charge in [0.05, 0.1) is 16.5 Å². The summed E-state index contributed by atoms with van der Waals surface area (Å²) in [6.07, 6.45) is 0. The quantitative estimate of drug-likeness (QED) is 0.714. The molecule has 6 heteroatoms. The summed E-state index contributed by atoms with van der Waals surface area (Å²) in [7, 11) is 0. The largest absolute Gasteiger partial charge is 0.293 e. The van der Waals surface area contributed by atoms with Crippen LogP contribution < -0.4 is 4.90 Å². The maximum atomic E-state index is 12.3. The third-order valence-corrected chi connectivity index (χ3v) is 5.21. The first kappa shape index (κ1) is 15.0. The summed E-state index contributed by atoms with van der Waals surface area (Å²) in [6.45, 7) is 0. The van der Waals surface area contributed by atoms with Gasteiger partial charge in [0, 0.05) is 10.0 Å². The lowest BCUT2D eigenvalue weighted by Crippen LogP contribution is -2.28. The Morgan fingerprint density at radius 3 is 2.38 bits per heavy atom. The van der Waals surface area contributed by atoms with Crippen molar-refractivity contribution in [2.24, 2.45) is 0 Å². The molecule has 2 aromatic carbocycles. The molecule has 0 aromatic heterocycles. The van der Waals surface area contributed by atoms with Crippen molar-refractivity contribution < 1.29 is 4.79 Å². The summed E-state index contributed by atoms with van der Waals surface area (Å²) in [6, 6.07) is 12.6. The highest BCUT2D eigenvalue weighted by Gasteiger charge is 2.35. The van der Waals surface area contributed by atoms with Gasteiger partial charge in [0.2, 0.25) is 5.91 Å². The smallest absolute Gasteiger partial charge is 0.238 e. The van der Waals surface area contributed by atoms with Gasteiger partial charge in [-0.2, -0.15) is 0 Å². The second-order valence-corrected chi connectivity index (χ2v) is 6.92. The second-order valence-electron chi connectivity index (χ2n) is 4.57. The summed E-state index contributed by atoms with van der Waals surface area (Å²) < 4.78 is 0. The van der Waals surface area contributed by atoms with E-state index in [1.807, 2.05) is 24.3 Å². The fraction of sp³-hybridized carbons (Fsp3) is 0.133. The number of amides is 1. The minimum absolute atomic E-state index is 0.0177. The number of nitrogens with zero attached hydrogens (tertiary/aromatic N) is 1. The minimum Gasteiger partial charge on any atom is -0.293 e. The van der Waals surface area contributed by atoms with Gasteiger partial charge in [-0.05, 0) is 35.9 Å². The van der Waals surface area contributed by atoms with Gasteiger partial charge in [-0.25, -0.2) is 0 Å². The van der Waals surface area contributed by atoms with Crippen molar-refractivity contribution in [3.8, 4) is 0 Å². The number of hydrogen-bond acceptors (Lipinski definition) is 2. The molecule has 0 spiro atoms. The molecule has 2 aromatic rings. The SMILES string of the molecule is O=C1CS[C@@H](c2ccc(Cl)cc2)N1c1cc(Cl)ccc1Cl. The van der Waals surface area contributed by atoms with Crippen molar-refractivity contribution in [3.63, 3.8) is 0 Å². The van der Waals surface area contributed by atoms with Crippen molar-refractivity contribution in [2.75, 3.05) is 10.7 Å². The summed E-state index contributed by atoms with van der Waals surface area (Å²) in [5.74, 6) is 0.431. The Balaban J connectivity index is 2.03. The van der Waals surface area contributed by atoms with Crippen LogP contribution in [0.4, 0.5) is 5.69 Å². The van der Waals surface area contributed by atoms with Crippen molar-refractivity contribution in [1.82, 2.24) is 0 Å². The predicted molar refractivity (Wildman–Crippen MR) is 90.6 cm³/mol. The molecule has 1 atom stereocenters. The van der Waals surface area contributed by atoms with Gasteiger partial charge in [0.1, 0.15) is 5.37 Å². The van der Waals surface area contributed by atoms with Crippen LogP contribution in [0.25, 0.3) is 0 Å². The molecular formula is C15H10Cl3NOS. The number of hydrogen-bond donors (Lipinski definition) is 0. The Morgan fingerprint density at radius 1 is 1.00 bits per heavy atom. The highest BCUT2D eigenvalue weighted by Crippen LogP contribution is 2.44. The van der Waals surface area contributed by atoms with Crippen LogP contribution in [0.2, 0.25) is 15.1 Å². The van der Waals surface area contributed by atoms with E-state index in [2.05, 4.69) is 0 Å². The lowest BCUT2D eigenvalue weighted by atomic mass is 10.2. The highest BCUT2D eigenvalue weighted by molar-refractivity contribution is 8.00. The monoisotopic (exact) mass is 357 g/mol. The van der Waals surface area contributed by atoms with E-state index in [-0.39, 0.29) is 11.3 Å². The second kappa shape index (κ2) is 6.09. The van der Waals surface area contributed by atoms with E-state index in [9.17, 15) is 4.79 Å². The molecule has 1 saturated heterocycles. The van der Waals surface area contributed by atoms with Crippen LogP contribution in [0.5, 0.6) is 0 Å². The maximum Gasteiger partial charge on any atom is 0.238 e. The Bertz CT molecular complexity index is 690. The van der Waals surface area contributed by atoms with Crippen LogP contribution >= 0.6 is 46.6 Å². The van der Waals surface area contributed by atoms with Crippen LogP contribution in [-0.2, 0) is 4.79 Å². The highest BCUT2D eigenvalue weighted by atomic mass is 35.5. The third-order valence-electron chi connectivity index (χ3n) is 3.19. The van der Waals surface area contributed by atoms with E-state index in [0.717, 1.165) is 5.56 Å². The fourth-order valence-electron chi connectivity index (χ4n) is 2.23. The molecular weight excluding hydrogens is 349 g/mol. The molecule has 1 amide bonds. The molecule has 0 aliphatic carbocycles. The van der Waals surface area contributed by atoms with E-state index < -0.39 is 0 Å². The van der Waals surface area contributed by atoms with Crippen LogP contribution in [0.15, 0.2) is 42.5 Å². The Morgan fingerprint density at radius 2 is 1.67 bits per heavy atom.